The topological polar surface area (TPSA) is 158 Å². The number of aliphatic hydroxyl groups is 2. The van der Waals surface area contributed by atoms with E-state index in [1.807, 2.05) is 0 Å². The van der Waals surface area contributed by atoms with Gasteiger partial charge in [0.25, 0.3) is 0 Å². The maximum Gasteiger partial charge on any atom is 0.209 e. The van der Waals surface area contributed by atoms with Crippen LogP contribution in [-0.2, 0) is 16.0 Å². The normalized spacial score (nSPS) is 25.6. The van der Waals surface area contributed by atoms with Gasteiger partial charge in [0.15, 0.2) is 11.4 Å². The van der Waals surface area contributed by atoms with Gasteiger partial charge in [-0.3, -0.25) is 14.4 Å². The molecule has 0 radical (unpaired) electrons. The number of aliphatic hydroxyl groups excluding tert-OH is 1. The molecule has 0 amide bonds. The molecular weight excluding hydrogens is 426 g/mol. The van der Waals surface area contributed by atoms with Crippen molar-refractivity contribution in [2.45, 2.75) is 38.8 Å². The number of aryl methyl sites for hydroxylation is 2. The minimum Gasteiger partial charge on any atom is -0.510 e. The number of halogens is 1. The van der Waals surface area contributed by atoms with Gasteiger partial charge in [0.2, 0.25) is 11.6 Å². The molecule has 0 spiro atoms. The van der Waals surface area contributed by atoms with Crippen molar-refractivity contribution in [2.75, 3.05) is 0 Å². The van der Waals surface area contributed by atoms with Gasteiger partial charge in [0.05, 0.1) is 17.0 Å². The predicted octanol–water partition coefficient (Wildman–Crippen LogP) is 1.92. The molecule has 0 aliphatic heterocycles. The summed E-state index contributed by atoms with van der Waals surface area (Å²) < 4.78 is 0. The van der Waals surface area contributed by atoms with Crippen LogP contribution in [0.1, 0.15) is 34.0 Å². The molecule has 9 heteroatoms. The highest BCUT2D eigenvalue weighted by Crippen LogP contribution is 2.51. The van der Waals surface area contributed by atoms with E-state index in [0.29, 0.717) is 16.5 Å². The fourth-order valence-electron chi connectivity index (χ4n) is 4.86. The highest BCUT2D eigenvalue weighted by molar-refractivity contribution is 6.37. The van der Waals surface area contributed by atoms with Gasteiger partial charge in [-0.05, 0) is 49.9 Å². The number of phenols is 2. The zero-order valence-corrected chi connectivity index (χ0v) is 17.7. The molecule has 0 aromatic heterocycles. The molecule has 0 saturated heterocycles. The van der Waals surface area contributed by atoms with Crippen molar-refractivity contribution in [1.82, 2.24) is 0 Å². The van der Waals surface area contributed by atoms with Gasteiger partial charge < -0.3 is 26.2 Å². The zero-order valence-electron chi connectivity index (χ0n) is 16.9. The van der Waals surface area contributed by atoms with Crippen LogP contribution in [0.15, 0.2) is 17.4 Å². The monoisotopic (exact) mass is 445 g/mol. The largest absolute Gasteiger partial charge is 0.510 e. The Kier molecular flexibility index (Phi) is 4.48. The van der Waals surface area contributed by atoms with Gasteiger partial charge in [-0.25, -0.2) is 0 Å². The number of carbonyl (C=O) groups is 3. The molecule has 0 bridgehead atoms. The number of aromatic hydroxyl groups is 2. The van der Waals surface area contributed by atoms with Crippen molar-refractivity contribution in [3.05, 3.63) is 44.7 Å². The Hall–Kier alpha value is -2.94. The number of ketones is 3. The molecule has 0 fully saturated rings. The molecule has 2 aliphatic carbocycles. The third-order valence-corrected chi connectivity index (χ3v) is 6.81. The Morgan fingerprint density at radius 2 is 1.74 bits per heavy atom. The van der Waals surface area contributed by atoms with E-state index in [9.17, 15) is 34.8 Å². The number of benzene rings is 2. The van der Waals surface area contributed by atoms with Crippen LogP contribution in [-0.4, -0.2) is 49.4 Å². The van der Waals surface area contributed by atoms with E-state index in [4.69, 9.17) is 17.3 Å². The van der Waals surface area contributed by atoms with E-state index in [1.165, 1.54) is 6.07 Å². The molecule has 2 aromatic carbocycles. The summed E-state index contributed by atoms with van der Waals surface area (Å²) in [5.74, 6) is -6.12. The number of hydrogen-bond acceptors (Lipinski definition) is 8. The minimum absolute atomic E-state index is 0.0746. The number of fused-ring (bicyclic) bond motifs is 3. The standard InChI is InChI=1S/C22H20ClNO7/c1-6-4-11(23)12-7(2)9-5-10-16(24)19(28)13(8(3)25)20(29)22(10,31)21(30)14(9)18(27)15(12)17(6)26/h4,10,16,26-28,31H,5,24H2,1-3H3/t10?,16-,22?/m1/s1. The number of nitrogens with two attached hydrogens (primary N) is 1. The van der Waals surface area contributed by atoms with E-state index >= 15 is 0 Å². The van der Waals surface area contributed by atoms with Gasteiger partial charge >= 0.3 is 0 Å². The van der Waals surface area contributed by atoms with Crippen molar-refractivity contribution >= 4 is 39.7 Å². The van der Waals surface area contributed by atoms with Crippen molar-refractivity contribution in [3.63, 3.8) is 0 Å². The average molecular weight is 446 g/mol. The third kappa shape index (κ3) is 2.46. The van der Waals surface area contributed by atoms with E-state index in [1.54, 1.807) is 13.8 Å². The summed E-state index contributed by atoms with van der Waals surface area (Å²) in [6, 6.07) is 0.153. The number of rotatable bonds is 1. The van der Waals surface area contributed by atoms with Crippen LogP contribution in [0.5, 0.6) is 11.5 Å². The SMILES string of the molecule is CC(=O)C1=C(O)[C@H](N)C2Cc3c(c(O)c4c(O)c(C)cc(Cl)c4c3C)C(=O)C2(O)C1=O. The summed E-state index contributed by atoms with van der Waals surface area (Å²) >= 11 is 6.36. The Morgan fingerprint density at radius 3 is 2.32 bits per heavy atom. The summed E-state index contributed by atoms with van der Waals surface area (Å²) in [7, 11) is 0. The van der Waals surface area contributed by atoms with Crippen molar-refractivity contribution in [3.8, 4) is 11.5 Å². The van der Waals surface area contributed by atoms with Gasteiger partial charge in [-0.15, -0.1) is 0 Å². The van der Waals surface area contributed by atoms with Crippen LogP contribution < -0.4 is 5.73 Å². The molecule has 2 aliphatic rings. The van der Waals surface area contributed by atoms with Crippen molar-refractivity contribution in [2.24, 2.45) is 11.7 Å². The smallest absolute Gasteiger partial charge is 0.209 e. The van der Waals surface area contributed by atoms with Crippen LogP contribution in [0.4, 0.5) is 0 Å². The predicted molar refractivity (Wildman–Crippen MR) is 112 cm³/mol. The van der Waals surface area contributed by atoms with Crippen LogP contribution in [0.25, 0.3) is 10.8 Å². The van der Waals surface area contributed by atoms with Crippen LogP contribution in [0.3, 0.4) is 0 Å². The first-order chi connectivity index (χ1) is 14.3. The number of phenolic OH excluding ortho intramolecular Hbond substituents is 2. The van der Waals surface area contributed by atoms with Crippen LogP contribution >= 0.6 is 11.6 Å². The lowest BCUT2D eigenvalue weighted by Crippen LogP contribution is -2.65. The first-order valence-electron chi connectivity index (χ1n) is 9.53. The molecule has 3 atom stereocenters. The quantitative estimate of drug-likeness (QED) is 0.329. The van der Waals surface area contributed by atoms with Gasteiger partial charge in [0.1, 0.15) is 22.8 Å². The van der Waals surface area contributed by atoms with Crippen molar-refractivity contribution in [1.29, 1.82) is 0 Å². The van der Waals surface area contributed by atoms with Crippen LogP contribution in [0.2, 0.25) is 5.02 Å². The maximum absolute atomic E-state index is 13.5. The van der Waals surface area contributed by atoms with Crippen molar-refractivity contribution < 1.29 is 34.8 Å². The molecule has 2 aromatic rings. The Morgan fingerprint density at radius 1 is 1.13 bits per heavy atom. The summed E-state index contributed by atoms with van der Waals surface area (Å²) in [5, 5.41) is 43.6. The molecule has 0 saturated carbocycles. The number of hydrogen-bond donors (Lipinski definition) is 5. The van der Waals surface area contributed by atoms with E-state index in [2.05, 4.69) is 0 Å². The van der Waals surface area contributed by atoms with E-state index in [-0.39, 0.29) is 33.7 Å². The first kappa shape index (κ1) is 21.3. The van der Waals surface area contributed by atoms with E-state index < -0.39 is 52.0 Å². The summed E-state index contributed by atoms with van der Waals surface area (Å²) in [6.07, 6.45) is -0.153. The Bertz CT molecular complexity index is 1280. The molecule has 6 N–H and O–H groups in total. The number of Topliss-reactive ketones (excluding diaryl/α,β-unsaturated/α-hetero) is 3. The highest BCUT2D eigenvalue weighted by atomic mass is 35.5. The fourth-order valence-corrected chi connectivity index (χ4v) is 5.26. The second-order valence-corrected chi connectivity index (χ2v) is 8.59. The summed E-state index contributed by atoms with van der Waals surface area (Å²) in [5.41, 5.74) is 3.33. The lowest BCUT2D eigenvalue weighted by Gasteiger charge is -2.44. The molecule has 31 heavy (non-hydrogen) atoms. The Balaban J connectivity index is 2.10. The highest BCUT2D eigenvalue weighted by Gasteiger charge is 2.62. The fraction of sp³-hybridized carbons (Fsp3) is 0.318. The second kappa shape index (κ2) is 6.53. The first-order valence-corrected chi connectivity index (χ1v) is 9.91. The zero-order chi connectivity index (χ0) is 23.2. The molecular formula is C22H20ClNO7. The minimum atomic E-state index is -2.75. The Labute approximate surface area is 181 Å². The average Bonchev–Trinajstić information content (AvgIpc) is 2.68. The lowest BCUT2D eigenvalue weighted by atomic mass is 9.61. The molecule has 2 unspecified atom stereocenters. The maximum atomic E-state index is 13.5. The molecule has 162 valence electrons. The molecule has 0 heterocycles. The second-order valence-electron chi connectivity index (χ2n) is 8.18. The summed E-state index contributed by atoms with van der Waals surface area (Å²) in [4.78, 5) is 38.4. The van der Waals surface area contributed by atoms with Gasteiger partial charge in [-0.1, -0.05) is 11.6 Å². The number of carbonyl (C=O) groups excluding carboxylic acids is 3. The third-order valence-electron chi connectivity index (χ3n) is 6.51. The lowest BCUT2D eigenvalue weighted by molar-refractivity contribution is -0.138. The summed E-state index contributed by atoms with van der Waals surface area (Å²) in [6.45, 7) is 4.21. The van der Waals surface area contributed by atoms with Gasteiger partial charge in [0, 0.05) is 16.3 Å². The molecule has 4 rings (SSSR count). The van der Waals surface area contributed by atoms with E-state index in [0.717, 1.165) is 6.92 Å². The molecule has 8 nitrogen and oxygen atoms in total. The van der Waals surface area contributed by atoms with Gasteiger partial charge in [-0.2, -0.15) is 0 Å². The van der Waals surface area contributed by atoms with Crippen LogP contribution in [0, 0.1) is 19.8 Å².